The Morgan fingerprint density at radius 3 is 2.77 bits per heavy atom. The van der Waals surface area contributed by atoms with E-state index in [1.165, 1.54) is 0 Å². The number of hydrogen-bond acceptors (Lipinski definition) is 6. The predicted octanol–water partition coefficient (Wildman–Crippen LogP) is 3.65. The lowest BCUT2D eigenvalue weighted by molar-refractivity contribution is 0.416. The second-order valence-corrected chi connectivity index (χ2v) is 5.77. The molecule has 0 bridgehead atoms. The molecule has 0 aliphatic rings. The number of aromatic nitrogens is 3. The van der Waals surface area contributed by atoms with Crippen molar-refractivity contribution in [3.05, 3.63) is 28.9 Å². The van der Waals surface area contributed by atoms with Crippen LogP contribution in [0.25, 0.3) is 0 Å². The molecular formula is C15H20ClN5O. The van der Waals surface area contributed by atoms with Gasteiger partial charge in [0.1, 0.15) is 5.75 Å². The predicted molar refractivity (Wildman–Crippen MR) is 89.2 cm³/mol. The van der Waals surface area contributed by atoms with E-state index in [-0.39, 0.29) is 0 Å². The topological polar surface area (TPSA) is 72.0 Å². The van der Waals surface area contributed by atoms with Gasteiger partial charge in [-0.05, 0) is 24.5 Å². The number of methoxy groups -OCH3 is 1. The normalized spacial score (nSPS) is 10.6. The molecule has 1 heterocycles. The van der Waals surface area contributed by atoms with E-state index < -0.39 is 0 Å². The first-order valence-corrected chi connectivity index (χ1v) is 7.42. The zero-order chi connectivity index (χ0) is 16.1. The van der Waals surface area contributed by atoms with Crippen LogP contribution in [0.3, 0.4) is 0 Å². The van der Waals surface area contributed by atoms with E-state index in [2.05, 4.69) is 39.7 Å². The number of halogens is 1. The number of anilines is 3. The van der Waals surface area contributed by atoms with Crippen LogP contribution < -0.4 is 15.4 Å². The fraction of sp³-hybridized carbons (Fsp3) is 0.400. The third-order valence-corrected chi connectivity index (χ3v) is 3.38. The first-order chi connectivity index (χ1) is 10.5. The Morgan fingerprint density at radius 1 is 1.32 bits per heavy atom. The second-order valence-electron chi connectivity index (χ2n) is 5.37. The molecule has 0 spiro atoms. The largest absolute Gasteiger partial charge is 0.495 e. The smallest absolute Gasteiger partial charge is 0.249 e. The molecule has 0 atom stereocenters. The molecule has 0 unspecified atom stereocenters. The van der Waals surface area contributed by atoms with E-state index in [0.29, 0.717) is 28.5 Å². The van der Waals surface area contributed by atoms with E-state index in [1.807, 2.05) is 13.0 Å². The number of nitrogens with zero attached hydrogens (tertiary/aromatic N) is 3. The summed E-state index contributed by atoms with van der Waals surface area (Å²) in [4.78, 5) is 4.38. The van der Waals surface area contributed by atoms with Gasteiger partial charge in [0.2, 0.25) is 5.95 Å². The highest BCUT2D eigenvalue weighted by molar-refractivity contribution is 6.31. The number of nitrogens with one attached hydrogen (secondary N) is 2. The van der Waals surface area contributed by atoms with Gasteiger partial charge in [0.15, 0.2) is 5.82 Å². The third-order valence-electron chi connectivity index (χ3n) is 2.98. The maximum absolute atomic E-state index is 6.10. The van der Waals surface area contributed by atoms with Crippen LogP contribution in [0.2, 0.25) is 5.02 Å². The molecule has 2 aromatic rings. The molecule has 118 valence electrons. The third kappa shape index (κ3) is 4.21. The monoisotopic (exact) mass is 321 g/mol. The van der Waals surface area contributed by atoms with Crippen LogP contribution in [0.4, 0.5) is 17.5 Å². The molecular weight excluding hydrogens is 302 g/mol. The second kappa shape index (κ2) is 7.26. The minimum Gasteiger partial charge on any atom is -0.495 e. The quantitative estimate of drug-likeness (QED) is 0.846. The van der Waals surface area contributed by atoms with Gasteiger partial charge < -0.3 is 15.4 Å². The molecule has 22 heavy (non-hydrogen) atoms. The molecule has 2 rings (SSSR count). The lowest BCUT2D eigenvalue weighted by Gasteiger charge is -2.13. The molecule has 2 N–H and O–H groups in total. The Hall–Kier alpha value is -2.08. The van der Waals surface area contributed by atoms with E-state index in [4.69, 9.17) is 16.3 Å². The molecule has 0 saturated heterocycles. The highest BCUT2D eigenvalue weighted by Crippen LogP contribution is 2.32. The Balaban J connectivity index is 2.20. The highest BCUT2D eigenvalue weighted by atomic mass is 35.5. The summed E-state index contributed by atoms with van der Waals surface area (Å²) < 4.78 is 5.32. The number of hydrogen-bond donors (Lipinski definition) is 2. The molecule has 1 aromatic heterocycles. The molecule has 0 aliphatic heterocycles. The van der Waals surface area contributed by atoms with Gasteiger partial charge in [-0.1, -0.05) is 25.4 Å². The van der Waals surface area contributed by atoms with Gasteiger partial charge in [-0.3, -0.25) is 0 Å². The van der Waals surface area contributed by atoms with Crippen molar-refractivity contribution in [2.45, 2.75) is 20.8 Å². The van der Waals surface area contributed by atoms with Crippen molar-refractivity contribution in [3.8, 4) is 5.75 Å². The summed E-state index contributed by atoms with van der Waals surface area (Å²) >= 11 is 6.10. The molecule has 1 aromatic carbocycles. The van der Waals surface area contributed by atoms with Gasteiger partial charge in [-0.2, -0.15) is 10.1 Å². The Bertz CT molecular complexity index is 648. The van der Waals surface area contributed by atoms with Gasteiger partial charge in [0, 0.05) is 17.6 Å². The van der Waals surface area contributed by atoms with E-state index >= 15 is 0 Å². The summed E-state index contributed by atoms with van der Waals surface area (Å²) in [6.07, 6.45) is 1.60. The van der Waals surface area contributed by atoms with Crippen LogP contribution in [-0.4, -0.2) is 28.8 Å². The Morgan fingerprint density at radius 2 is 2.09 bits per heavy atom. The molecule has 0 radical (unpaired) electrons. The number of aryl methyl sites for hydroxylation is 1. The fourth-order valence-corrected chi connectivity index (χ4v) is 1.95. The van der Waals surface area contributed by atoms with Crippen LogP contribution in [0.5, 0.6) is 5.75 Å². The van der Waals surface area contributed by atoms with E-state index in [0.717, 1.165) is 17.8 Å². The van der Waals surface area contributed by atoms with Crippen molar-refractivity contribution in [3.63, 3.8) is 0 Å². The lowest BCUT2D eigenvalue weighted by atomic mass is 10.2. The number of ether oxygens (including phenoxy) is 1. The fourth-order valence-electron chi connectivity index (χ4n) is 1.80. The molecule has 0 fully saturated rings. The standard InChI is InChI=1S/C15H20ClN5O/c1-9(2)7-17-14-8-18-21-15(20-14)19-12-5-10(3)11(16)6-13(12)22-4/h5-6,8-9H,7H2,1-4H3,(H2,17,19,20,21). The zero-order valence-corrected chi connectivity index (χ0v) is 13.9. The molecule has 0 saturated carbocycles. The summed E-state index contributed by atoms with van der Waals surface area (Å²) in [5.41, 5.74) is 1.68. The highest BCUT2D eigenvalue weighted by Gasteiger charge is 2.09. The molecule has 0 aliphatic carbocycles. The molecule has 7 heteroatoms. The first-order valence-electron chi connectivity index (χ1n) is 7.04. The van der Waals surface area contributed by atoms with Gasteiger partial charge in [-0.15, -0.1) is 5.10 Å². The van der Waals surface area contributed by atoms with Crippen molar-refractivity contribution in [2.75, 3.05) is 24.3 Å². The summed E-state index contributed by atoms with van der Waals surface area (Å²) in [5.74, 6) is 2.22. The van der Waals surface area contributed by atoms with Gasteiger partial charge in [0.25, 0.3) is 0 Å². The SMILES string of the molecule is COc1cc(Cl)c(C)cc1Nc1nncc(NCC(C)C)n1. The van der Waals surface area contributed by atoms with Crippen molar-refractivity contribution in [1.29, 1.82) is 0 Å². The van der Waals surface area contributed by atoms with Crippen molar-refractivity contribution in [2.24, 2.45) is 5.92 Å². The maximum atomic E-state index is 6.10. The van der Waals surface area contributed by atoms with Crippen LogP contribution >= 0.6 is 11.6 Å². The summed E-state index contributed by atoms with van der Waals surface area (Å²) in [6, 6.07) is 3.65. The van der Waals surface area contributed by atoms with Crippen LogP contribution in [0.15, 0.2) is 18.3 Å². The summed E-state index contributed by atoms with van der Waals surface area (Å²) in [5, 5.41) is 14.9. The van der Waals surface area contributed by atoms with E-state index in [9.17, 15) is 0 Å². The van der Waals surface area contributed by atoms with Gasteiger partial charge in [0.05, 0.1) is 19.0 Å². The van der Waals surface area contributed by atoms with Gasteiger partial charge >= 0.3 is 0 Å². The van der Waals surface area contributed by atoms with Crippen molar-refractivity contribution in [1.82, 2.24) is 15.2 Å². The van der Waals surface area contributed by atoms with Crippen LogP contribution in [0.1, 0.15) is 19.4 Å². The summed E-state index contributed by atoms with van der Waals surface area (Å²) in [7, 11) is 1.59. The van der Waals surface area contributed by atoms with Crippen LogP contribution in [0, 0.1) is 12.8 Å². The first kappa shape index (κ1) is 16.3. The Labute approximate surface area is 135 Å². The summed E-state index contributed by atoms with van der Waals surface area (Å²) in [6.45, 7) is 7.00. The average molecular weight is 322 g/mol. The van der Waals surface area contributed by atoms with E-state index in [1.54, 1.807) is 19.4 Å². The maximum Gasteiger partial charge on any atom is 0.249 e. The average Bonchev–Trinajstić information content (AvgIpc) is 2.49. The molecule has 0 amide bonds. The minimum atomic E-state index is 0.397. The van der Waals surface area contributed by atoms with Crippen molar-refractivity contribution >= 4 is 29.1 Å². The van der Waals surface area contributed by atoms with Gasteiger partial charge in [-0.25, -0.2) is 0 Å². The minimum absolute atomic E-state index is 0.397. The Kier molecular flexibility index (Phi) is 5.38. The van der Waals surface area contributed by atoms with Crippen molar-refractivity contribution < 1.29 is 4.74 Å². The molecule has 6 nitrogen and oxygen atoms in total. The number of rotatable bonds is 6. The zero-order valence-electron chi connectivity index (χ0n) is 13.1. The lowest BCUT2D eigenvalue weighted by Crippen LogP contribution is -2.11. The number of benzene rings is 1. The van der Waals surface area contributed by atoms with Crippen LogP contribution in [-0.2, 0) is 0 Å².